The summed E-state index contributed by atoms with van der Waals surface area (Å²) in [4.78, 5) is 20.9. The predicted octanol–water partition coefficient (Wildman–Crippen LogP) is 2.52. The minimum Gasteiger partial charge on any atom is -0.350 e. The first-order valence-corrected chi connectivity index (χ1v) is 7.17. The number of nitrogens with zero attached hydrogens (tertiary/aromatic N) is 3. The number of rotatable bonds is 3. The van der Waals surface area contributed by atoms with Gasteiger partial charge in [0, 0.05) is 42.1 Å². The Morgan fingerprint density at radius 3 is 2.64 bits per heavy atom. The summed E-state index contributed by atoms with van der Waals surface area (Å²) < 4.78 is 1.96. The second-order valence-corrected chi connectivity index (χ2v) is 5.38. The van der Waals surface area contributed by atoms with Crippen molar-refractivity contribution in [3.63, 3.8) is 0 Å². The van der Waals surface area contributed by atoms with E-state index in [0.29, 0.717) is 12.1 Å². The van der Waals surface area contributed by atoms with Crippen molar-refractivity contribution in [3.05, 3.63) is 59.3 Å². The minimum absolute atomic E-state index is 0.0879. The highest BCUT2D eigenvalue weighted by molar-refractivity contribution is 6.05. The number of nitrogens with one attached hydrogen (secondary N) is 1. The fourth-order valence-corrected chi connectivity index (χ4v) is 2.68. The number of hydrogen-bond acceptors (Lipinski definition) is 3. The average molecular weight is 294 g/mol. The van der Waals surface area contributed by atoms with Crippen LogP contribution in [-0.4, -0.2) is 20.4 Å². The fraction of sp³-hybridized carbons (Fsp3) is 0.235. The monoisotopic (exact) mass is 294 g/mol. The van der Waals surface area contributed by atoms with Crippen molar-refractivity contribution < 1.29 is 4.79 Å². The van der Waals surface area contributed by atoms with Crippen molar-refractivity contribution in [1.29, 1.82) is 0 Å². The summed E-state index contributed by atoms with van der Waals surface area (Å²) in [5.74, 6) is -0.0879. The van der Waals surface area contributed by atoms with Gasteiger partial charge in [0.15, 0.2) is 0 Å². The van der Waals surface area contributed by atoms with E-state index in [2.05, 4.69) is 15.3 Å². The molecule has 0 aliphatic carbocycles. The molecule has 0 unspecified atom stereocenters. The maximum Gasteiger partial charge on any atom is 0.253 e. The van der Waals surface area contributed by atoms with E-state index in [4.69, 9.17) is 0 Å². The van der Waals surface area contributed by atoms with Crippen molar-refractivity contribution in [1.82, 2.24) is 19.9 Å². The first-order valence-electron chi connectivity index (χ1n) is 7.17. The van der Waals surface area contributed by atoms with Gasteiger partial charge in [-0.25, -0.2) is 9.97 Å². The lowest BCUT2D eigenvalue weighted by Crippen LogP contribution is -2.24. The topological polar surface area (TPSA) is 59.8 Å². The molecule has 22 heavy (non-hydrogen) atoms. The van der Waals surface area contributed by atoms with Crippen LogP contribution in [0, 0.1) is 13.8 Å². The molecule has 3 rings (SSSR count). The molecule has 1 amide bonds. The molecule has 5 heteroatoms. The quantitative estimate of drug-likeness (QED) is 0.807. The van der Waals surface area contributed by atoms with Gasteiger partial charge in [0.25, 0.3) is 5.91 Å². The maximum absolute atomic E-state index is 12.5. The largest absolute Gasteiger partial charge is 0.350 e. The Kier molecular flexibility index (Phi) is 3.63. The lowest BCUT2D eigenvalue weighted by Gasteiger charge is -2.11. The minimum atomic E-state index is -0.0879. The zero-order valence-corrected chi connectivity index (χ0v) is 12.9. The Bertz CT molecular complexity index is 831. The molecule has 1 aromatic carbocycles. The van der Waals surface area contributed by atoms with Crippen LogP contribution in [0.3, 0.4) is 0 Å². The Hall–Kier alpha value is -2.69. The van der Waals surface area contributed by atoms with Crippen LogP contribution < -0.4 is 5.32 Å². The van der Waals surface area contributed by atoms with Crippen molar-refractivity contribution in [2.45, 2.75) is 20.4 Å². The number of hydrogen-bond donors (Lipinski definition) is 1. The smallest absolute Gasteiger partial charge is 0.253 e. The molecule has 0 atom stereocenters. The van der Waals surface area contributed by atoms with Crippen LogP contribution >= 0.6 is 0 Å². The molecule has 0 aliphatic heterocycles. The summed E-state index contributed by atoms with van der Waals surface area (Å²) in [5.41, 5.74) is 4.37. The normalized spacial score (nSPS) is 10.9. The van der Waals surface area contributed by atoms with Gasteiger partial charge < -0.3 is 9.88 Å². The van der Waals surface area contributed by atoms with Crippen LogP contribution in [0.5, 0.6) is 0 Å². The second-order valence-electron chi connectivity index (χ2n) is 5.38. The van der Waals surface area contributed by atoms with Gasteiger partial charge in [-0.05, 0) is 26.0 Å². The second kappa shape index (κ2) is 5.60. The van der Waals surface area contributed by atoms with E-state index in [0.717, 1.165) is 27.9 Å². The molecule has 0 spiro atoms. The molecule has 0 saturated heterocycles. The number of carbonyl (C=O) groups is 1. The first kappa shape index (κ1) is 14.3. The number of para-hydroxylation sites is 1. The van der Waals surface area contributed by atoms with Gasteiger partial charge in [0.2, 0.25) is 0 Å². The third-order valence-corrected chi connectivity index (χ3v) is 3.94. The molecule has 3 aromatic rings. The van der Waals surface area contributed by atoms with E-state index in [1.165, 1.54) is 0 Å². The number of aromatic nitrogens is 3. The molecule has 0 bridgehead atoms. The molecule has 5 nitrogen and oxygen atoms in total. The number of carbonyl (C=O) groups excluding carboxylic acids is 1. The molecular weight excluding hydrogens is 276 g/mol. The van der Waals surface area contributed by atoms with Gasteiger partial charge in [-0.2, -0.15) is 0 Å². The zero-order valence-electron chi connectivity index (χ0n) is 12.9. The Morgan fingerprint density at radius 1 is 1.18 bits per heavy atom. The zero-order chi connectivity index (χ0) is 15.7. The van der Waals surface area contributed by atoms with E-state index in [1.807, 2.05) is 55.9 Å². The Labute approximate surface area is 129 Å². The number of fused-ring (bicyclic) bond motifs is 1. The molecule has 0 aliphatic rings. The average Bonchev–Trinajstić information content (AvgIpc) is 2.88. The maximum atomic E-state index is 12.5. The van der Waals surface area contributed by atoms with E-state index in [9.17, 15) is 4.79 Å². The standard InChI is InChI=1S/C17H18N4O/c1-11-15(12(2)20-10-19-11)9-18-17(22)14-6-4-5-13-7-8-21(3)16(13)14/h4-8,10H,9H2,1-3H3,(H,18,22). The third kappa shape index (κ3) is 2.45. The summed E-state index contributed by atoms with van der Waals surface area (Å²) in [5, 5.41) is 4.03. The molecule has 0 radical (unpaired) electrons. The first-order chi connectivity index (χ1) is 10.6. The lowest BCUT2D eigenvalue weighted by molar-refractivity contribution is 0.0952. The number of benzene rings is 1. The van der Waals surface area contributed by atoms with Gasteiger partial charge >= 0.3 is 0 Å². The highest BCUT2D eigenvalue weighted by Crippen LogP contribution is 2.19. The van der Waals surface area contributed by atoms with Crippen LogP contribution in [0.25, 0.3) is 10.9 Å². The summed E-state index contributed by atoms with van der Waals surface area (Å²) in [6, 6.07) is 7.76. The summed E-state index contributed by atoms with van der Waals surface area (Å²) in [6.45, 7) is 4.28. The molecule has 2 aromatic heterocycles. The van der Waals surface area contributed by atoms with Crippen LogP contribution in [0.1, 0.15) is 27.3 Å². The van der Waals surface area contributed by atoms with Gasteiger partial charge in [-0.3, -0.25) is 4.79 Å². The van der Waals surface area contributed by atoms with E-state index >= 15 is 0 Å². The van der Waals surface area contributed by atoms with Crippen LogP contribution in [0.4, 0.5) is 0 Å². The highest BCUT2D eigenvalue weighted by atomic mass is 16.1. The highest BCUT2D eigenvalue weighted by Gasteiger charge is 2.13. The summed E-state index contributed by atoms with van der Waals surface area (Å²) >= 11 is 0. The van der Waals surface area contributed by atoms with Gasteiger partial charge in [-0.15, -0.1) is 0 Å². The van der Waals surface area contributed by atoms with Crippen LogP contribution in [-0.2, 0) is 13.6 Å². The lowest BCUT2D eigenvalue weighted by atomic mass is 10.1. The van der Waals surface area contributed by atoms with Crippen molar-refractivity contribution in [2.24, 2.45) is 7.05 Å². The van der Waals surface area contributed by atoms with Crippen molar-refractivity contribution >= 4 is 16.8 Å². The summed E-state index contributed by atoms with van der Waals surface area (Å²) in [6.07, 6.45) is 3.50. The molecule has 2 heterocycles. The molecular formula is C17H18N4O. The summed E-state index contributed by atoms with van der Waals surface area (Å²) in [7, 11) is 1.94. The fourth-order valence-electron chi connectivity index (χ4n) is 2.68. The number of aryl methyl sites for hydroxylation is 3. The van der Waals surface area contributed by atoms with Crippen molar-refractivity contribution in [3.8, 4) is 0 Å². The van der Waals surface area contributed by atoms with E-state index < -0.39 is 0 Å². The third-order valence-electron chi connectivity index (χ3n) is 3.94. The molecule has 112 valence electrons. The molecule has 0 saturated carbocycles. The van der Waals surface area contributed by atoms with Crippen LogP contribution in [0.2, 0.25) is 0 Å². The van der Waals surface area contributed by atoms with Gasteiger partial charge in [0.05, 0.1) is 11.1 Å². The van der Waals surface area contributed by atoms with E-state index in [-0.39, 0.29) is 5.91 Å². The van der Waals surface area contributed by atoms with Crippen molar-refractivity contribution in [2.75, 3.05) is 0 Å². The number of amides is 1. The molecule has 0 fully saturated rings. The van der Waals surface area contributed by atoms with Gasteiger partial charge in [0.1, 0.15) is 6.33 Å². The van der Waals surface area contributed by atoms with Gasteiger partial charge in [-0.1, -0.05) is 12.1 Å². The SMILES string of the molecule is Cc1ncnc(C)c1CNC(=O)c1cccc2ccn(C)c12. The molecule has 1 N–H and O–H groups in total. The Balaban J connectivity index is 1.87. The van der Waals surface area contributed by atoms with Crippen LogP contribution in [0.15, 0.2) is 36.8 Å². The Morgan fingerprint density at radius 2 is 1.91 bits per heavy atom. The predicted molar refractivity (Wildman–Crippen MR) is 85.6 cm³/mol. The van der Waals surface area contributed by atoms with E-state index in [1.54, 1.807) is 6.33 Å².